The number of rotatable bonds is 5. The van der Waals surface area contributed by atoms with Crippen molar-refractivity contribution in [3.05, 3.63) is 99.3 Å². The van der Waals surface area contributed by atoms with Crippen LogP contribution in [0.2, 0.25) is 10.0 Å². The first-order chi connectivity index (χ1) is 19.2. The van der Waals surface area contributed by atoms with E-state index in [1.165, 1.54) is 15.9 Å². The van der Waals surface area contributed by atoms with Crippen molar-refractivity contribution >= 4 is 62.5 Å². The summed E-state index contributed by atoms with van der Waals surface area (Å²) in [4.78, 5) is 32.1. The summed E-state index contributed by atoms with van der Waals surface area (Å²) >= 11 is 17.1. The summed E-state index contributed by atoms with van der Waals surface area (Å²) in [6.07, 6.45) is 1.75. The van der Waals surface area contributed by atoms with E-state index in [1.54, 1.807) is 62.4 Å². The van der Waals surface area contributed by atoms with E-state index in [1.807, 2.05) is 0 Å². The van der Waals surface area contributed by atoms with E-state index in [0.29, 0.717) is 53.7 Å². The molecule has 1 atom stereocenters. The highest BCUT2D eigenvalue weighted by Crippen LogP contribution is 2.38. The zero-order valence-corrected chi connectivity index (χ0v) is 24.9. The van der Waals surface area contributed by atoms with Crippen LogP contribution in [0.3, 0.4) is 0 Å². The quantitative estimate of drug-likeness (QED) is 0.249. The lowest BCUT2D eigenvalue weighted by Gasteiger charge is -2.22. The number of fused-ring (bicyclic) bond motifs is 2. The lowest BCUT2D eigenvalue weighted by atomic mass is 10.0. The van der Waals surface area contributed by atoms with E-state index in [-0.39, 0.29) is 24.5 Å². The van der Waals surface area contributed by atoms with Gasteiger partial charge in [-0.2, -0.15) is 0 Å². The first kappa shape index (κ1) is 26.9. The van der Waals surface area contributed by atoms with Crippen molar-refractivity contribution in [2.45, 2.75) is 19.9 Å². The van der Waals surface area contributed by atoms with Crippen molar-refractivity contribution in [1.82, 2.24) is 4.57 Å². The Morgan fingerprint density at radius 2 is 1.95 bits per heavy atom. The number of carbonyl (C=O) groups excluding carboxylic acids is 1. The van der Waals surface area contributed by atoms with Gasteiger partial charge in [-0.25, -0.2) is 9.79 Å². The number of allylic oxidation sites excluding steroid dienone is 1. The number of hydrogen-bond acceptors (Lipinski definition) is 8. The van der Waals surface area contributed by atoms with Gasteiger partial charge in [-0.1, -0.05) is 50.5 Å². The Bertz CT molecular complexity index is 1910. The van der Waals surface area contributed by atoms with Crippen LogP contribution in [-0.4, -0.2) is 23.9 Å². The normalized spacial score (nSPS) is 16.2. The number of aromatic nitrogens is 1. The molecule has 4 heterocycles. The third kappa shape index (κ3) is 4.68. The Balaban J connectivity index is 1.51. The van der Waals surface area contributed by atoms with Gasteiger partial charge in [0.25, 0.3) is 5.56 Å². The zero-order valence-electron chi connectivity index (χ0n) is 21.0. The second kappa shape index (κ2) is 10.6. The van der Waals surface area contributed by atoms with Crippen LogP contribution in [0.4, 0.5) is 0 Å². The van der Waals surface area contributed by atoms with Crippen LogP contribution in [0.15, 0.2) is 72.4 Å². The largest absolute Gasteiger partial charge is 0.463 e. The minimum Gasteiger partial charge on any atom is -0.463 e. The highest BCUT2D eigenvalue weighted by atomic mass is 79.9. The van der Waals surface area contributed by atoms with Gasteiger partial charge in [0.05, 0.1) is 32.5 Å². The van der Waals surface area contributed by atoms with E-state index < -0.39 is 12.0 Å². The molecule has 0 spiro atoms. The number of nitrogens with zero attached hydrogens (tertiary/aromatic N) is 2. The molecule has 0 N–H and O–H groups in total. The van der Waals surface area contributed by atoms with E-state index in [4.69, 9.17) is 41.8 Å². The number of ether oxygens (including phenoxy) is 3. The average molecular weight is 662 g/mol. The zero-order chi connectivity index (χ0) is 28.1. The van der Waals surface area contributed by atoms with Crippen molar-refractivity contribution in [2.75, 3.05) is 13.4 Å². The monoisotopic (exact) mass is 660 g/mol. The molecule has 40 heavy (non-hydrogen) atoms. The second-order valence-electron chi connectivity index (χ2n) is 8.86. The number of carbonyl (C=O) groups is 1. The Morgan fingerprint density at radius 1 is 1.18 bits per heavy atom. The number of thiazole rings is 1. The maximum absolute atomic E-state index is 13.9. The summed E-state index contributed by atoms with van der Waals surface area (Å²) in [5.41, 5.74) is 1.75. The molecule has 0 radical (unpaired) electrons. The van der Waals surface area contributed by atoms with Gasteiger partial charge in [-0.15, -0.1) is 0 Å². The smallest absolute Gasteiger partial charge is 0.338 e. The highest BCUT2D eigenvalue weighted by Gasteiger charge is 2.35. The van der Waals surface area contributed by atoms with Crippen LogP contribution in [0, 0.1) is 0 Å². The molecule has 2 aliphatic heterocycles. The Kier molecular flexibility index (Phi) is 7.12. The van der Waals surface area contributed by atoms with Crippen LogP contribution in [0.25, 0.3) is 17.4 Å². The van der Waals surface area contributed by atoms with E-state index >= 15 is 0 Å². The molecule has 6 rings (SSSR count). The third-order valence-corrected chi connectivity index (χ3v) is 8.80. The molecule has 0 aliphatic carbocycles. The van der Waals surface area contributed by atoms with Crippen molar-refractivity contribution in [3.8, 4) is 22.8 Å². The van der Waals surface area contributed by atoms with Crippen LogP contribution >= 0.6 is 50.5 Å². The summed E-state index contributed by atoms with van der Waals surface area (Å²) in [5.74, 6) is 1.50. The molecular formula is C28H19BrCl2N2O6S. The molecule has 0 fully saturated rings. The molecule has 8 nitrogen and oxygen atoms in total. The van der Waals surface area contributed by atoms with Crippen LogP contribution < -0.4 is 24.4 Å². The number of halogens is 3. The lowest BCUT2D eigenvalue weighted by molar-refractivity contribution is -0.139. The summed E-state index contributed by atoms with van der Waals surface area (Å²) < 4.78 is 25.1. The molecule has 0 amide bonds. The maximum atomic E-state index is 13.9. The second-order valence-corrected chi connectivity index (χ2v) is 11.5. The number of benzene rings is 2. The van der Waals surface area contributed by atoms with Crippen LogP contribution in [0.5, 0.6) is 11.5 Å². The van der Waals surface area contributed by atoms with Crippen LogP contribution in [-0.2, 0) is 9.53 Å². The van der Waals surface area contributed by atoms with Gasteiger partial charge in [0.2, 0.25) is 6.79 Å². The van der Waals surface area contributed by atoms with Gasteiger partial charge >= 0.3 is 5.97 Å². The number of hydrogen-bond donors (Lipinski definition) is 0. The van der Waals surface area contributed by atoms with Crippen molar-refractivity contribution in [3.63, 3.8) is 0 Å². The fourth-order valence-electron chi connectivity index (χ4n) is 4.55. The number of furan rings is 1. The summed E-state index contributed by atoms with van der Waals surface area (Å²) in [5, 5.41) is 0.796. The van der Waals surface area contributed by atoms with Gasteiger partial charge in [0.15, 0.2) is 16.3 Å². The molecule has 2 aliphatic rings. The molecule has 0 bridgehead atoms. The molecule has 4 aromatic rings. The summed E-state index contributed by atoms with van der Waals surface area (Å²) in [7, 11) is 0. The van der Waals surface area contributed by atoms with E-state index in [2.05, 4.69) is 20.9 Å². The number of esters is 1. The predicted octanol–water partition coefficient (Wildman–Crippen LogP) is 5.86. The topological polar surface area (TPSA) is 92.3 Å². The van der Waals surface area contributed by atoms with Crippen molar-refractivity contribution < 1.29 is 23.4 Å². The van der Waals surface area contributed by atoms with Crippen molar-refractivity contribution in [2.24, 2.45) is 4.99 Å². The average Bonchev–Trinajstić information content (AvgIpc) is 3.65. The lowest BCUT2D eigenvalue weighted by Crippen LogP contribution is -2.39. The maximum Gasteiger partial charge on any atom is 0.338 e. The highest BCUT2D eigenvalue weighted by molar-refractivity contribution is 9.10. The minimum absolute atomic E-state index is 0.136. The van der Waals surface area contributed by atoms with E-state index in [9.17, 15) is 9.59 Å². The van der Waals surface area contributed by atoms with Crippen molar-refractivity contribution in [1.29, 1.82) is 0 Å². The molecule has 2 aromatic heterocycles. The fraction of sp³-hybridized carbons (Fsp3) is 0.179. The minimum atomic E-state index is -0.894. The van der Waals surface area contributed by atoms with E-state index in [0.717, 1.165) is 10.0 Å². The first-order valence-electron chi connectivity index (χ1n) is 12.1. The Hall–Kier alpha value is -3.31. The predicted molar refractivity (Wildman–Crippen MR) is 155 cm³/mol. The Labute approximate surface area is 249 Å². The summed E-state index contributed by atoms with van der Waals surface area (Å²) in [6, 6.07) is 11.3. The van der Waals surface area contributed by atoms with Gasteiger partial charge < -0.3 is 18.6 Å². The van der Waals surface area contributed by atoms with Gasteiger partial charge in [-0.05, 0) is 68.0 Å². The van der Waals surface area contributed by atoms with Gasteiger partial charge in [-0.3, -0.25) is 9.36 Å². The van der Waals surface area contributed by atoms with Gasteiger partial charge in [0.1, 0.15) is 17.6 Å². The first-order valence-corrected chi connectivity index (χ1v) is 14.5. The third-order valence-electron chi connectivity index (χ3n) is 6.40. The molecule has 0 saturated heterocycles. The molecule has 0 unspecified atom stereocenters. The standard InChI is InChI=1S/C28H19BrCl2N2O6S/c1-3-36-27(35)24-13(2)32-28-33(25(24)20-7-6-19(39-20)14-4-5-17(30)18(31)8-14)26(34)23(40-28)10-15-9-21-22(11-16(15)29)38-12-37-21/h4-11,25H,3,12H2,1-2H3/b23-10-/t25-/m1/s1. The fourth-order valence-corrected chi connectivity index (χ4v) is 6.32. The van der Waals surface area contributed by atoms with Crippen LogP contribution in [0.1, 0.15) is 31.2 Å². The molecule has 2 aromatic carbocycles. The SMILES string of the molecule is CCOC(=O)C1=C(C)N=c2s/c(=C\c3cc4c(cc3Br)OCO4)c(=O)n2[C@@H]1c1ccc(-c2ccc(Cl)c(Cl)c2)o1. The molecule has 12 heteroatoms. The summed E-state index contributed by atoms with van der Waals surface area (Å²) in [6.45, 7) is 3.73. The van der Waals surface area contributed by atoms with Gasteiger partial charge in [0, 0.05) is 10.0 Å². The Morgan fingerprint density at radius 3 is 2.70 bits per heavy atom. The molecule has 0 saturated carbocycles. The molecule has 204 valence electrons. The molecular weight excluding hydrogens is 643 g/mol.